The summed E-state index contributed by atoms with van der Waals surface area (Å²) in [5.74, 6) is -12.7. The molecule has 568 valence electrons. The Kier molecular flexibility index (Phi) is 82.7. The van der Waals surface area contributed by atoms with Gasteiger partial charge in [0.2, 0.25) is 0 Å². The molecule has 0 aliphatic rings. The van der Waals surface area contributed by atoms with E-state index in [1.165, 1.54) is 27.7 Å². The SMILES string of the molecule is C/C=C(\C)C(=O)O.C/C=C\C.C=C(C(=O)O)C(C)C(=O)O.C=C(CC)C(=O)O.C=CC(C)C(=O)O.C=Cc1ccc(CN(CC(=O)O)CC(=O)O)cc1.C=Cc1cccc(CN(CC(=O)O)CC(=O)O)c1.C=Cc1ccccc1CN(CC(=O)O)CC(=O)O.O=C=O.O=C=O.O=C=O.O=C=O.O=C=O. The van der Waals surface area contributed by atoms with Crippen molar-refractivity contribution < 1.29 is 157 Å². The number of aliphatic carboxylic acids is 11. The molecule has 2 unspecified atom stereocenters. The monoisotopic (exact) mass is 1470 g/mol. The molecule has 0 spiro atoms. The van der Waals surface area contributed by atoms with Crippen LogP contribution in [0.15, 0.2) is 153 Å². The van der Waals surface area contributed by atoms with Crippen LogP contribution < -0.4 is 0 Å². The van der Waals surface area contributed by atoms with Crippen LogP contribution in [0.2, 0.25) is 0 Å². The summed E-state index contributed by atoms with van der Waals surface area (Å²) in [4.78, 5) is 199. The van der Waals surface area contributed by atoms with Crippen LogP contribution in [-0.4, -0.2) is 207 Å². The van der Waals surface area contributed by atoms with Gasteiger partial charge in [-0.3, -0.25) is 53.1 Å². The van der Waals surface area contributed by atoms with Crippen molar-refractivity contribution in [3.8, 4) is 0 Å². The Balaban J connectivity index is -0.000000122. The van der Waals surface area contributed by atoms with Crippen molar-refractivity contribution in [2.24, 2.45) is 11.8 Å². The third-order valence-electron chi connectivity index (χ3n) is 10.8. The summed E-state index contributed by atoms with van der Waals surface area (Å²) in [6.45, 7) is 31.5. The smallest absolute Gasteiger partial charge is 0.373 e. The van der Waals surface area contributed by atoms with Crippen molar-refractivity contribution >= 4 is 115 Å². The lowest BCUT2D eigenvalue weighted by molar-refractivity contribution is -0.193. The fourth-order valence-electron chi connectivity index (χ4n) is 5.57. The minimum Gasteiger partial charge on any atom is -0.481 e. The van der Waals surface area contributed by atoms with Crippen molar-refractivity contribution in [2.75, 3.05) is 39.3 Å². The Morgan fingerprint density at radius 2 is 0.779 bits per heavy atom. The molecule has 35 nitrogen and oxygen atoms in total. The molecule has 3 aromatic rings. The van der Waals surface area contributed by atoms with Gasteiger partial charge < -0.3 is 56.2 Å². The zero-order valence-electron chi connectivity index (χ0n) is 57.8. The summed E-state index contributed by atoms with van der Waals surface area (Å²) < 4.78 is 0. The number of carbonyl (C=O) groups is 11. The Bertz CT molecular complexity index is 3290. The quantitative estimate of drug-likeness (QED) is 0.0285. The molecule has 11 N–H and O–H groups in total. The number of hydrogen-bond donors (Lipinski definition) is 11. The Labute approximate surface area is 596 Å². The molecule has 0 aromatic heterocycles. The van der Waals surface area contributed by atoms with Crippen molar-refractivity contribution in [2.45, 2.75) is 74.5 Å². The van der Waals surface area contributed by atoms with E-state index in [1.54, 1.807) is 52.0 Å². The zero-order chi connectivity index (χ0) is 83.5. The first-order chi connectivity index (χ1) is 48.5. The van der Waals surface area contributed by atoms with Gasteiger partial charge in [-0.1, -0.05) is 155 Å². The fraction of sp³-hybridized carbons (Fsp3) is 0.275. The molecule has 0 bridgehead atoms. The van der Waals surface area contributed by atoms with Gasteiger partial charge in [-0.25, -0.2) is 14.4 Å². The van der Waals surface area contributed by atoms with Gasteiger partial charge in [-0.2, -0.15) is 47.9 Å². The third kappa shape index (κ3) is 82.8. The first-order valence-electron chi connectivity index (χ1n) is 28.5. The van der Waals surface area contributed by atoms with Gasteiger partial charge in [0.05, 0.1) is 51.1 Å². The van der Waals surface area contributed by atoms with Gasteiger partial charge >= 0.3 is 96.4 Å². The maximum atomic E-state index is 10.7. The van der Waals surface area contributed by atoms with Crippen LogP contribution in [-0.2, 0) is 120 Å². The number of carboxylic acids is 11. The van der Waals surface area contributed by atoms with Gasteiger partial charge in [0.1, 0.15) is 0 Å². The topological polar surface area (TPSA) is 591 Å². The van der Waals surface area contributed by atoms with Crippen LogP contribution in [0.5, 0.6) is 0 Å². The molecule has 0 radical (unpaired) electrons. The molecule has 0 heterocycles. The summed E-state index contributed by atoms with van der Waals surface area (Å²) >= 11 is 0. The van der Waals surface area contributed by atoms with E-state index in [9.17, 15) is 52.7 Å². The van der Waals surface area contributed by atoms with Crippen LogP contribution in [0.25, 0.3) is 18.2 Å². The van der Waals surface area contributed by atoms with E-state index < -0.39 is 77.5 Å². The highest BCUT2D eigenvalue weighted by Crippen LogP contribution is 2.14. The second kappa shape index (κ2) is 76.9. The highest BCUT2D eigenvalue weighted by atomic mass is 16.4. The van der Waals surface area contributed by atoms with Crippen LogP contribution in [0.3, 0.4) is 0 Å². The highest BCUT2D eigenvalue weighted by Gasteiger charge is 2.20. The average Bonchev–Trinajstić information content (AvgIpc) is 0.886. The van der Waals surface area contributed by atoms with E-state index in [2.05, 4.69) is 39.5 Å². The molecule has 0 aliphatic heterocycles. The Hall–Kier alpha value is -13.5. The predicted molar refractivity (Wildman–Crippen MR) is 361 cm³/mol. The Morgan fingerprint density at radius 1 is 0.433 bits per heavy atom. The number of carbonyl (C=O) groups excluding carboxylic acids is 10. The molecule has 0 fully saturated rings. The lowest BCUT2D eigenvalue weighted by atomic mass is 10.0. The number of rotatable bonds is 29. The Morgan fingerprint density at radius 3 is 1.00 bits per heavy atom. The second-order valence-electron chi connectivity index (χ2n) is 18.5. The van der Waals surface area contributed by atoms with Crippen molar-refractivity contribution in [3.63, 3.8) is 0 Å². The lowest BCUT2D eigenvalue weighted by Gasteiger charge is -2.19. The van der Waals surface area contributed by atoms with E-state index >= 15 is 0 Å². The minimum absolute atomic E-state index is 0.250. The number of benzene rings is 3. The average molecular weight is 1470 g/mol. The molecular weight excluding hydrogens is 1380 g/mol. The highest BCUT2D eigenvalue weighted by molar-refractivity contribution is 5.93. The number of carboxylic acid groups (broad SMARTS) is 11. The van der Waals surface area contributed by atoms with Gasteiger partial charge in [-0.05, 0) is 81.3 Å². The lowest BCUT2D eigenvalue weighted by Crippen LogP contribution is -2.34. The van der Waals surface area contributed by atoms with E-state index in [1.807, 2.05) is 98.8 Å². The predicted octanol–water partition coefficient (Wildman–Crippen LogP) is 5.88. The molecular formula is C69H85N3O32. The first-order valence-corrected chi connectivity index (χ1v) is 28.5. The van der Waals surface area contributed by atoms with E-state index in [0.717, 1.165) is 33.4 Å². The molecule has 0 aliphatic carbocycles. The minimum atomic E-state index is -1.27. The molecule has 0 saturated carbocycles. The number of hydrogen-bond acceptors (Lipinski definition) is 24. The molecule has 0 amide bonds. The first kappa shape index (κ1) is 112. The van der Waals surface area contributed by atoms with Crippen molar-refractivity contribution in [1.82, 2.24) is 14.7 Å². The van der Waals surface area contributed by atoms with E-state index in [0.29, 0.717) is 12.0 Å². The third-order valence-corrected chi connectivity index (χ3v) is 10.8. The number of nitrogens with zero attached hydrogens (tertiary/aromatic N) is 3. The standard InChI is InChI=1S/3C13H15NO4.C6H8O4.3C5H8O2.C4H8.5CO2/c1-2-10-3-5-11(6-4-10)7-14(8-12(15)16)9-13(17)18;1-2-10-4-3-5-11(6-10)7-14(8-12(15)16)9-13(17)18;1-2-10-5-3-4-6-11(10)7-14(8-12(15)16)9-13(17)18;1-3(5(7)8)4(2)6(9)10;3*1-3-4(2)5(6)7;1-3-4-2;5*2-1-3/h3*2-6H,1,7-9H2,(H,15,16)(H,17,18);4H,1H2,2H3,(H,7,8)(H,9,10);3H,1-2H3,(H,6,7);2-3H2,1H3,(H,6,7);3-4H,1H2,2H3,(H,6,7);3-4H,1-2H3;;;;;/b;;;;4-3+;;;4-3-;;;;;. The maximum Gasteiger partial charge on any atom is 0.373 e. The van der Waals surface area contributed by atoms with Gasteiger partial charge in [-0.15, -0.1) is 6.58 Å². The summed E-state index contributed by atoms with van der Waals surface area (Å²) in [5.41, 5.74) is 5.68. The van der Waals surface area contributed by atoms with Crippen LogP contribution >= 0.6 is 0 Å². The van der Waals surface area contributed by atoms with Crippen LogP contribution in [0, 0.1) is 11.8 Å². The molecule has 0 saturated heterocycles. The normalized spacial score (nSPS) is 9.42. The van der Waals surface area contributed by atoms with E-state index in [4.69, 9.17) is 104 Å². The largest absolute Gasteiger partial charge is 0.481 e. The van der Waals surface area contributed by atoms with E-state index in [-0.39, 0.29) is 101 Å². The molecule has 3 aromatic carbocycles. The summed E-state index contributed by atoms with van der Waals surface area (Å²) in [5, 5.41) is 93.2. The van der Waals surface area contributed by atoms with Gasteiger partial charge in [0.15, 0.2) is 0 Å². The maximum absolute atomic E-state index is 10.7. The summed E-state index contributed by atoms with van der Waals surface area (Å²) in [6.07, 6.45) is 13.8. The van der Waals surface area contributed by atoms with Crippen molar-refractivity contribution in [1.29, 1.82) is 0 Å². The van der Waals surface area contributed by atoms with Gasteiger partial charge in [0, 0.05) is 36.4 Å². The molecule has 3 rings (SSSR count). The van der Waals surface area contributed by atoms with Crippen molar-refractivity contribution in [3.05, 3.63) is 187 Å². The number of allylic oxidation sites excluding steroid dienone is 3. The van der Waals surface area contributed by atoms with Gasteiger partial charge in [0.25, 0.3) is 0 Å². The summed E-state index contributed by atoms with van der Waals surface area (Å²) in [6, 6.07) is 22.1. The van der Waals surface area contributed by atoms with Crippen LogP contribution in [0.1, 0.15) is 88.3 Å². The molecule has 35 heteroatoms. The fourth-order valence-corrected chi connectivity index (χ4v) is 5.57. The molecule has 104 heavy (non-hydrogen) atoms. The zero-order valence-corrected chi connectivity index (χ0v) is 57.8. The molecule has 2 atom stereocenters. The van der Waals surface area contributed by atoms with Crippen LogP contribution in [0.4, 0.5) is 0 Å². The summed E-state index contributed by atoms with van der Waals surface area (Å²) in [7, 11) is 0. The second-order valence-corrected chi connectivity index (χ2v) is 18.5.